The van der Waals surface area contributed by atoms with Gasteiger partial charge in [-0.05, 0) is 0 Å². The number of hydrogen-bond acceptors (Lipinski definition) is 5. The number of aliphatic hydroxyl groups is 1. The highest BCUT2D eigenvalue weighted by molar-refractivity contribution is 8.07. The first-order chi connectivity index (χ1) is 7.68. The van der Waals surface area contributed by atoms with Gasteiger partial charge in [0.25, 0.3) is 0 Å². The molecule has 0 aliphatic carbocycles. The number of thioether (sulfide) groups is 2. The van der Waals surface area contributed by atoms with Crippen LogP contribution in [-0.4, -0.2) is 36.6 Å². The van der Waals surface area contributed by atoms with Crippen LogP contribution in [0.3, 0.4) is 0 Å². The van der Waals surface area contributed by atoms with Gasteiger partial charge in [0.15, 0.2) is 0 Å². The Morgan fingerprint density at radius 3 is 2.81 bits per heavy atom. The molecule has 0 amide bonds. The summed E-state index contributed by atoms with van der Waals surface area (Å²) < 4.78 is 0. The molecule has 5 heteroatoms. The second-order valence-electron chi connectivity index (χ2n) is 3.99. The maximum Gasteiger partial charge on any atom is 0.110 e. The van der Waals surface area contributed by atoms with Crippen molar-refractivity contribution in [1.29, 1.82) is 0 Å². The lowest BCUT2D eigenvalue weighted by Gasteiger charge is -2.33. The zero-order chi connectivity index (χ0) is 11.5. The molecular formula is C11H16N2OS2. The zero-order valence-electron chi connectivity index (χ0n) is 9.41. The van der Waals surface area contributed by atoms with Crippen molar-refractivity contribution in [2.24, 2.45) is 0 Å². The lowest BCUT2D eigenvalue weighted by atomic mass is 10.2. The number of aromatic nitrogens is 2. The third-order valence-corrected chi connectivity index (χ3v) is 6.29. The molecule has 1 N–H and O–H groups in total. The lowest BCUT2D eigenvalue weighted by molar-refractivity contribution is 0.175. The van der Waals surface area contributed by atoms with Crippen LogP contribution in [0.15, 0.2) is 18.6 Å². The predicted octanol–water partition coefficient (Wildman–Crippen LogP) is 2.14. The van der Waals surface area contributed by atoms with Crippen molar-refractivity contribution < 1.29 is 5.11 Å². The van der Waals surface area contributed by atoms with Gasteiger partial charge in [0.2, 0.25) is 0 Å². The molecule has 4 atom stereocenters. The Morgan fingerprint density at radius 1 is 1.38 bits per heavy atom. The quantitative estimate of drug-likeness (QED) is 0.878. The van der Waals surface area contributed by atoms with E-state index < -0.39 is 6.10 Å². The molecule has 0 bridgehead atoms. The Bertz CT molecular complexity index is 336. The second kappa shape index (κ2) is 5.38. The third-order valence-electron chi connectivity index (χ3n) is 2.81. The minimum absolute atomic E-state index is 0.230. The van der Waals surface area contributed by atoms with E-state index in [0.717, 1.165) is 5.75 Å². The summed E-state index contributed by atoms with van der Waals surface area (Å²) in [7, 11) is 0. The molecule has 0 aromatic carbocycles. The Kier molecular flexibility index (Phi) is 4.10. The second-order valence-corrected chi connectivity index (χ2v) is 7.02. The van der Waals surface area contributed by atoms with Crippen molar-refractivity contribution in [3.05, 3.63) is 24.3 Å². The molecule has 16 heavy (non-hydrogen) atoms. The highest BCUT2D eigenvalue weighted by atomic mass is 32.2. The summed E-state index contributed by atoms with van der Waals surface area (Å²) in [5.41, 5.74) is 0.683. The molecule has 0 radical (unpaired) electrons. The molecule has 0 spiro atoms. The topological polar surface area (TPSA) is 46.0 Å². The normalized spacial score (nSPS) is 32.3. The summed E-state index contributed by atoms with van der Waals surface area (Å²) in [5, 5.41) is 11.7. The highest BCUT2D eigenvalue weighted by Crippen LogP contribution is 2.40. The molecule has 2 heterocycles. The van der Waals surface area contributed by atoms with Crippen LogP contribution in [0.1, 0.15) is 25.6 Å². The molecular weight excluding hydrogens is 240 g/mol. The van der Waals surface area contributed by atoms with Crippen LogP contribution in [0, 0.1) is 0 Å². The van der Waals surface area contributed by atoms with Crippen molar-refractivity contribution >= 4 is 23.5 Å². The van der Waals surface area contributed by atoms with E-state index in [9.17, 15) is 5.11 Å². The van der Waals surface area contributed by atoms with Crippen LogP contribution in [0.4, 0.5) is 0 Å². The summed E-state index contributed by atoms with van der Waals surface area (Å²) >= 11 is 3.79. The maximum atomic E-state index is 10.2. The van der Waals surface area contributed by atoms with E-state index in [2.05, 4.69) is 23.8 Å². The molecule has 0 saturated carbocycles. The predicted molar refractivity (Wildman–Crippen MR) is 69.8 cm³/mol. The highest BCUT2D eigenvalue weighted by Gasteiger charge is 2.31. The van der Waals surface area contributed by atoms with E-state index in [-0.39, 0.29) is 5.25 Å². The monoisotopic (exact) mass is 256 g/mol. The van der Waals surface area contributed by atoms with Crippen LogP contribution in [0.2, 0.25) is 0 Å². The van der Waals surface area contributed by atoms with Crippen molar-refractivity contribution in [2.75, 3.05) is 5.75 Å². The molecule has 3 nitrogen and oxygen atoms in total. The molecule has 1 aliphatic rings. The number of rotatable bonds is 2. The largest absolute Gasteiger partial charge is 0.386 e. The van der Waals surface area contributed by atoms with Gasteiger partial charge in [-0.2, -0.15) is 23.5 Å². The van der Waals surface area contributed by atoms with Crippen LogP contribution in [0.25, 0.3) is 0 Å². The van der Waals surface area contributed by atoms with Crippen LogP contribution < -0.4 is 0 Å². The first-order valence-corrected chi connectivity index (χ1v) is 7.38. The SMILES string of the molecule is CC1SCC(C(O)c2cnccn2)SC1C. The summed E-state index contributed by atoms with van der Waals surface area (Å²) in [6.45, 7) is 4.46. The van der Waals surface area contributed by atoms with Gasteiger partial charge in [-0.1, -0.05) is 13.8 Å². The Labute approximate surface area is 104 Å². The molecule has 2 rings (SSSR count). The fourth-order valence-corrected chi connectivity index (χ4v) is 4.61. The van der Waals surface area contributed by atoms with E-state index in [0.29, 0.717) is 16.2 Å². The smallest absolute Gasteiger partial charge is 0.110 e. The first kappa shape index (κ1) is 12.2. The van der Waals surface area contributed by atoms with Gasteiger partial charge in [0.05, 0.1) is 11.9 Å². The summed E-state index contributed by atoms with van der Waals surface area (Å²) in [6, 6.07) is 0. The van der Waals surface area contributed by atoms with Crippen molar-refractivity contribution in [2.45, 2.75) is 35.7 Å². The minimum Gasteiger partial charge on any atom is -0.386 e. The fraction of sp³-hybridized carbons (Fsp3) is 0.636. The molecule has 88 valence electrons. The van der Waals surface area contributed by atoms with Crippen molar-refractivity contribution in [1.82, 2.24) is 9.97 Å². The van der Waals surface area contributed by atoms with E-state index in [1.807, 2.05) is 23.5 Å². The Morgan fingerprint density at radius 2 is 2.19 bits per heavy atom. The van der Waals surface area contributed by atoms with Gasteiger partial charge in [0, 0.05) is 33.9 Å². The van der Waals surface area contributed by atoms with Crippen molar-refractivity contribution in [3.8, 4) is 0 Å². The average molecular weight is 256 g/mol. The van der Waals surface area contributed by atoms with E-state index in [1.54, 1.807) is 18.6 Å². The van der Waals surface area contributed by atoms with E-state index in [4.69, 9.17) is 0 Å². The molecule has 1 fully saturated rings. The van der Waals surface area contributed by atoms with E-state index in [1.165, 1.54) is 0 Å². The van der Waals surface area contributed by atoms with Crippen LogP contribution >= 0.6 is 23.5 Å². The summed E-state index contributed by atoms with van der Waals surface area (Å²) in [5.74, 6) is 0.980. The van der Waals surface area contributed by atoms with Crippen LogP contribution in [-0.2, 0) is 0 Å². The lowest BCUT2D eigenvalue weighted by Crippen LogP contribution is -2.30. The fourth-order valence-electron chi connectivity index (χ4n) is 1.63. The van der Waals surface area contributed by atoms with Gasteiger partial charge in [-0.3, -0.25) is 9.97 Å². The van der Waals surface area contributed by atoms with Gasteiger partial charge >= 0.3 is 0 Å². The van der Waals surface area contributed by atoms with Gasteiger partial charge < -0.3 is 5.11 Å². The molecule has 1 saturated heterocycles. The zero-order valence-corrected chi connectivity index (χ0v) is 11.0. The number of nitrogens with zero attached hydrogens (tertiary/aromatic N) is 2. The number of aliphatic hydroxyl groups excluding tert-OH is 1. The van der Waals surface area contributed by atoms with Gasteiger partial charge in [0.1, 0.15) is 6.10 Å². The van der Waals surface area contributed by atoms with Gasteiger partial charge in [-0.15, -0.1) is 0 Å². The third kappa shape index (κ3) is 2.70. The molecule has 1 aliphatic heterocycles. The Balaban J connectivity index is 2.03. The first-order valence-electron chi connectivity index (χ1n) is 5.39. The molecule has 1 aromatic rings. The minimum atomic E-state index is -0.499. The molecule has 4 unspecified atom stereocenters. The van der Waals surface area contributed by atoms with E-state index >= 15 is 0 Å². The molecule has 1 aromatic heterocycles. The van der Waals surface area contributed by atoms with Crippen molar-refractivity contribution in [3.63, 3.8) is 0 Å². The standard InChI is InChI=1S/C11H16N2OS2/c1-7-8(2)16-10(6-15-7)11(14)9-5-12-3-4-13-9/h3-5,7-8,10-11,14H,6H2,1-2H3. The summed E-state index contributed by atoms with van der Waals surface area (Å²) in [6.07, 6.45) is 4.41. The maximum absolute atomic E-state index is 10.2. The summed E-state index contributed by atoms with van der Waals surface area (Å²) in [4.78, 5) is 8.16. The van der Waals surface area contributed by atoms with Gasteiger partial charge in [-0.25, -0.2) is 0 Å². The number of hydrogen-bond donors (Lipinski definition) is 1. The average Bonchev–Trinajstić information content (AvgIpc) is 2.33. The Hall–Kier alpha value is -0.260. The van der Waals surface area contributed by atoms with Crippen LogP contribution in [0.5, 0.6) is 0 Å².